The second-order valence-electron chi connectivity index (χ2n) is 11.2. The number of carboxylic acid groups (broad SMARTS) is 2. The number of hydrogen-bond donors (Lipinski definition) is 11. The Morgan fingerprint density at radius 1 is 0.646 bits per heavy atom. The zero-order chi connectivity index (χ0) is 36.6. The number of aliphatic hydroxyl groups is 2. The summed E-state index contributed by atoms with van der Waals surface area (Å²) in [6.45, 7) is 1.47. The molecule has 1 rings (SSSR count). The quantitative estimate of drug-likeness (QED) is 0.0583. The summed E-state index contributed by atoms with van der Waals surface area (Å²) >= 11 is 0. The lowest BCUT2D eigenvalue weighted by Gasteiger charge is -2.27. The van der Waals surface area contributed by atoms with Gasteiger partial charge in [0.25, 0.3) is 0 Å². The summed E-state index contributed by atoms with van der Waals surface area (Å²) < 4.78 is 0. The number of benzene rings is 1. The summed E-state index contributed by atoms with van der Waals surface area (Å²) in [5, 5.41) is 48.8. The minimum absolute atomic E-state index is 0.0525. The van der Waals surface area contributed by atoms with Gasteiger partial charge in [0.2, 0.25) is 35.4 Å². The topological polar surface area (TPSA) is 330 Å². The molecule has 266 valence electrons. The minimum Gasteiger partial charge on any atom is -0.481 e. The van der Waals surface area contributed by atoms with E-state index in [2.05, 4.69) is 26.6 Å². The van der Waals surface area contributed by atoms with Gasteiger partial charge >= 0.3 is 11.9 Å². The molecular weight excluding hydrogens is 638 g/mol. The molecular formula is C29H43N7O12. The number of aliphatic hydroxyl groups excluding tert-OH is 2. The minimum atomic E-state index is -1.80. The number of carboxylic acids is 2. The van der Waals surface area contributed by atoms with Crippen LogP contribution in [0.15, 0.2) is 30.3 Å². The number of amides is 6. The van der Waals surface area contributed by atoms with Crippen LogP contribution in [0.4, 0.5) is 0 Å². The molecule has 0 heterocycles. The Kier molecular flexibility index (Phi) is 17.2. The Balaban J connectivity index is 3.23. The highest BCUT2D eigenvalue weighted by atomic mass is 16.4. The van der Waals surface area contributed by atoms with Crippen LogP contribution in [0, 0.1) is 5.92 Å². The van der Waals surface area contributed by atoms with Crippen LogP contribution < -0.4 is 38.1 Å². The van der Waals surface area contributed by atoms with Crippen molar-refractivity contribution in [2.24, 2.45) is 17.4 Å². The van der Waals surface area contributed by atoms with Crippen LogP contribution in [0.1, 0.15) is 38.7 Å². The first kappa shape index (κ1) is 40.9. The predicted molar refractivity (Wildman–Crippen MR) is 165 cm³/mol. The van der Waals surface area contributed by atoms with Gasteiger partial charge < -0.3 is 58.5 Å². The van der Waals surface area contributed by atoms with E-state index in [-0.39, 0.29) is 18.8 Å². The molecule has 19 heteroatoms. The number of hydrogen-bond acceptors (Lipinski definition) is 11. The normalized spacial score (nSPS) is 14.6. The van der Waals surface area contributed by atoms with E-state index in [1.54, 1.807) is 44.2 Å². The van der Waals surface area contributed by atoms with Gasteiger partial charge in [-0.25, -0.2) is 4.79 Å². The summed E-state index contributed by atoms with van der Waals surface area (Å²) in [4.78, 5) is 99.0. The zero-order valence-corrected chi connectivity index (χ0v) is 26.4. The molecule has 0 spiro atoms. The van der Waals surface area contributed by atoms with Crippen LogP contribution in [0.2, 0.25) is 0 Å². The van der Waals surface area contributed by atoms with E-state index in [1.807, 2.05) is 0 Å². The Morgan fingerprint density at radius 3 is 1.60 bits per heavy atom. The molecule has 6 atom stereocenters. The van der Waals surface area contributed by atoms with Crippen LogP contribution in [0.25, 0.3) is 0 Å². The highest BCUT2D eigenvalue weighted by Crippen LogP contribution is 2.09. The van der Waals surface area contributed by atoms with Crippen molar-refractivity contribution in [3.05, 3.63) is 35.9 Å². The van der Waals surface area contributed by atoms with Crippen molar-refractivity contribution in [3.8, 4) is 0 Å². The van der Waals surface area contributed by atoms with Crippen LogP contribution >= 0.6 is 0 Å². The van der Waals surface area contributed by atoms with E-state index in [1.165, 1.54) is 0 Å². The third kappa shape index (κ3) is 14.5. The molecule has 0 aromatic heterocycles. The molecule has 0 saturated carbocycles. The molecule has 19 nitrogen and oxygen atoms in total. The largest absolute Gasteiger partial charge is 0.481 e. The molecule has 0 aliphatic heterocycles. The maximum Gasteiger partial charge on any atom is 0.328 e. The lowest BCUT2D eigenvalue weighted by Crippen LogP contribution is -2.60. The van der Waals surface area contributed by atoms with Crippen molar-refractivity contribution in [2.75, 3.05) is 13.2 Å². The summed E-state index contributed by atoms with van der Waals surface area (Å²) in [5.41, 5.74) is 11.1. The smallest absolute Gasteiger partial charge is 0.328 e. The van der Waals surface area contributed by atoms with Crippen LogP contribution in [0.5, 0.6) is 0 Å². The molecule has 0 aliphatic carbocycles. The fraction of sp³-hybridized carbons (Fsp3) is 0.517. The van der Waals surface area contributed by atoms with E-state index in [0.29, 0.717) is 5.56 Å². The molecule has 48 heavy (non-hydrogen) atoms. The Bertz CT molecular complexity index is 1310. The average Bonchev–Trinajstić information content (AvgIpc) is 3.00. The molecule has 0 radical (unpaired) electrons. The monoisotopic (exact) mass is 681 g/mol. The molecule has 0 fully saturated rings. The van der Waals surface area contributed by atoms with Gasteiger partial charge in [-0.05, 0) is 17.9 Å². The number of nitrogens with two attached hydrogens (primary N) is 2. The number of aliphatic carboxylic acids is 2. The van der Waals surface area contributed by atoms with E-state index in [0.717, 1.165) is 0 Å². The number of rotatable bonds is 21. The van der Waals surface area contributed by atoms with E-state index < -0.39 is 110 Å². The average molecular weight is 682 g/mol. The zero-order valence-electron chi connectivity index (χ0n) is 26.4. The first-order valence-corrected chi connectivity index (χ1v) is 14.7. The number of nitrogens with one attached hydrogen (secondary N) is 5. The summed E-state index contributed by atoms with van der Waals surface area (Å²) in [5.74, 6) is -9.45. The van der Waals surface area contributed by atoms with Crippen molar-refractivity contribution in [1.82, 2.24) is 26.6 Å². The number of carbonyl (C=O) groups excluding carboxylic acids is 6. The highest BCUT2D eigenvalue weighted by Gasteiger charge is 2.34. The van der Waals surface area contributed by atoms with Gasteiger partial charge in [0.15, 0.2) is 0 Å². The van der Waals surface area contributed by atoms with Gasteiger partial charge in [-0.15, -0.1) is 0 Å². The van der Waals surface area contributed by atoms with Crippen molar-refractivity contribution in [2.45, 2.75) is 75.8 Å². The highest BCUT2D eigenvalue weighted by molar-refractivity contribution is 5.97. The predicted octanol–water partition coefficient (Wildman–Crippen LogP) is -4.55. The molecule has 0 aliphatic rings. The molecule has 6 unspecified atom stereocenters. The van der Waals surface area contributed by atoms with Gasteiger partial charge in [-0.2, -0.15) is 0 Å². The first-order valence-electron chi connectivity index (χ1n) is 14.7. The van der Waals surface area contributed by atoms with E-state index in [9.17, 15) is 58.8 Å². The third-order valence-corrected chi connectivity index (χ3v) is 6.64. The van der Waals surface area contributed by atoms with Gasteiger partial charge in [-0.1, -0.05) is 44.2 Å². The standard InChI is InChI=1S/C29H43N7O12/c1-14(2)8-17(32-28(46)20(12-37)35-24(42)16(30)10-22(31)39)25(43)34-19(11-23(40)41)27(45)33-18(9-15-6-4-3-5-7-15)26(44)36-21(13-38)29(47)48/h3-7,14,16-21,37-38H,8-13,30H2,1-2H3,(H2,31,39)(H,32,46)(H,33,45)(H,34,43)(H,35,42)(H,36,44)(H,40,41)(H,47,48). The van der Waals surface area contributed by atoms with E-state index >= 15 is 0 Å². The Morgan fingerprint density at radius 2 is 1.10 bits per heavy atom. The number of primary amides is 1. The fourth-order valence-corrected chi connectivity index (χ4v) is 4.20. The third-order valence-electron chi connectivity index (χ3n) is 6.64. The van der Waals surface area contributed by atoms with Gasteiger partial charge in [-0.3, -0.25) is 33.6 Å². The van der Waals surface area contributed by atoms with Crippen LogP contribution in [-0.2, 0) is 44.8 Å². The van der Waals surface area contributed by atoms with Crippen molar-refractivity contribution >= 4 is 47.4 Å². The lowest BCUT2D eigenvalue weighted by atomic mass is 10.0. The summed E-state index contributed by atoms with van der Waals surface area (Å²) in [7, 11) is 0. The summed E-state index contributed by atoms with van der Waals surface area (Å²) in [6, 6.07) is -1.30. The molecule has 0 saturated heterocycles. The molecule has 1 aromatic rings. The molecule has 1 aromatic carbocycles. The Labute approximate surface area is 275 Å². The molecule has 0 bridgehead atoms. The van der Waals surface area contributed by atoms with Gasteiger partial charge in [0.1, 0.15) is 30.2 Å². The van der Waals surface area contributed by atoms with Crippen molar-refractivity contribution in [3.63, 3.8) is 0 Å². The van der Waals surface area contributed by atoms with Gasteiger partial charge in [0.05, 0.1) is 32.1 Å². The second kappa shape index (κ2) is 20.2. The van der Waals surface area contributed by atoms with Crippen LogP contribution in [-0.4, -0.2) is 117 Å². The van der Waals surface area contributed by atoms with Crippen molar-refractivity contribution in [1.29, 1.82) is 0 Å². The van der Waals surface area contributed by atoms with Crippen LogP contribution in [0.3, 0.4) is 0 Å². The SMILES string of the molecule is CC(C)CC(NC(=O)C(CO)NC(=O)C(N)CC(N)=O)C(=O)NC(CC(=O)O)C(=O)NC(Cc1ccccc1)C(=O)NC(CO)C(=O)O. The first-order chi connectivity index (χ1) is 22.5. The lowest BCUT2D eigenvalue weighted by molar-refractivity contribution is -0.144. The Hall–Kier alpha value is -5.14. The molecule has 13 N–H and O–H groups in total. The summed E-state index contributed by atoms with van der Waals surface area (Å²) in [6.07, 6.45) is -1.76. The fourth-order valence-electron chi connectivity index (χ4n) is 4.20. The molecule has 6 amide bonds. The maximum absolute atomic E-state index is 13.4. The van der Waals surface area contributed by atoms with E-state index in [4.69, 9.17) is 11.5 Å². The van der Waals surface area contributed by atoms with Crippen molar-refractivity contribution < 1.29 is 58.8 Å². The maximum atomic E-state index is 13.4. The van der Waals surface area contributed by atoms with Gasteiger partial charge in [0, 0.05) is 6.42 Å². The second-order valence-corrected chi connectivity index (χ2v) is 11.2. The number of carbonyl (C=O) groups is 8.